The van der Waals surface area contributed by atoms with Gasteiger partial charge in [0.05, 0.1) is 18.2 Å². The molecule has 0 bridgehead atoms. The molecule has 110 valence electrons. The molecule has 22 heavy (non-hydrogen) atoms. The second kappa shape index (κ2) is 5.44. The Hall–Kier alpha value is -2.95. The maximum atomic E-state index is 5.96. The van der Waals surface area contributed by atoms with Crippen LogP contribution in [0.1, 0.15) is 5.56 Å². The Morgan fingerprint density at radius 3 is 2.91 bits per heavy atom. The van der Waals surface area contributed by atoms with Crippen molar-refractivity contribution in [1.29, 1.82) is 0 Å². The van der Waals surface area contributed by atoms with Crippen molar-refractivity contribution < 1.29 is 14.2 Å². The summed E-state index contributed by atoms with van der Waals surface area (Å²) in [6.07, 6.45) is 3.44. The first-order valence-electron chi connectivity index (χ1n) is 6.99. The smallest absolute Gasteiger partial charge is 0.231 e. The minimum atomic E-state index is 0.280. The lowest BCUT2D eigenvalue weighted by Crippen LogP contribution is -1.97. The lowest BCUT2D eigenvalue weighted by atomic mass is 10.1. The molecule has 0 radical (unpaired) electrons. The van der Waals surface area contributed by atoms with Crippen LogP contribution < -0.4 is 14.2 Å². The summed E-state index contributed by atoms with van der Waals surface area (Å²) in [5, 5.41) is 0. The molecule has 0 amide bonds. The summed E-state index contributed by atoms with van der Waals surface area (Å²) in [6.45, 7) is 0.740. The predicted octanol–water partition coefficient (Wildman–Crippen LogP) is 3.38. The third-order valence-corrected chi connectivity index (χ3v) is 3.51. The number of H-pyrrole nitrogens is 1. The van der Waals surface area contributed by atoms with E-state index in [1.54, 1.807) is 12.5 Å². The van der Waals surface area contributed by atoms with Crippen LogP contribution in [0.25, 0.3) is 11.3 Å². The number of rotatable bonds is 4. The van der Waals surface area contributed by atoms with Crippen molar-refractivity contribution in [3.63, 3.8) is 0 Å². The minimum Gasteiger partial charge on any atom is -0.488 e. The summed E-state index contributed by atoms with van der Waals surface area (Å²) in [7, 11) is 0. The van der Waals surface area contributed by atoms with Crippen molar-refractivity contribution in [2.24, 2.45) is 0 Å². The molecule has 0 aliphatic carbocycles. The number of hydrogen-bond donors (Lipinski definition) is 1. The van der Waals surface area contributed by atoms with E-state index < -0.39 is 0 Å². The molecule has 3 aromatic rings. The van der Waals surface area contributed by atoms with Crippen LogP contribution in [0.4, 0.5) is 0 Å². The van der Waals surface area contributed by atoms with Crippen LogP contribution in [-0.2, 0) is 6.61 Å². The number of nitrogens with zero attached hydrogens (tertiary/aromatic N) is 1. The number of benzene rings is 2. The Bertz CT molecular complexity index is 784. The predicted molar refractivity (Wildman–Crippen MR) is 80.9 cm³/mol. The number of fused-ring (bicyclic) bond motifs is 1. The fourth-order valence-corrected chi connectivity index (χ4v) is 2.41. The Balaban J connectivity index is 1.55. The van der Waals surface area contributed by atoms with E-state index >= 15 is 0 Å². The van der Waals surface area contributed by atoms with Gasteiger partial charge in [0, 0.05) is 5.56 Å². The molecule has 0 saturated heterocycles. The number of aromatic nitrogens is 2. The van der Waals surface area contributed by atoms with E-state index in [2.05, 4.69) is 9.97 Å². The van der Waals surface area contributed by atoms with Crippen LogP contribution >= 0.6 is 0 Å². The third-order valence-electron chi connectivity index (χ3n) is 3.51. The van der Waals surface area contributed by atoms with Crippen molar-refractivity contribution in [3.8, 4) is 28.5 Å². The molecule has 0 saturated carbocycles. The average molecular weight is 294 g/mol. The van der Waals surface area contributed by atoms with Crippen LogP contribution in [0.15, 0.2) is 55.0 Å². The van der Waals surface area contributed by atoms with Crippen LogP contribution in [0.5, 0.6) is 17.2 Å². The first kappa shape index (κ1) is 12.8. The highest BCUT2D eigenvalue weighted by molar-refractivity contribution is 5.66. The molecule has 1 aliphatic rings. The van der Waals surface area contributed by atoms with Crippen LogP contribution in [0, 0.1) is 0 Å². The topological polar surface area (TPSA) is 56.4 Å². The molecule has 1 aliphatic heterocycles. The van der Waals surface area contributed by atoms with Gasteiger partial charge in [-0.3, -0.25) is 0 Å². The monoisotopic (exact) mass is 294 g/mol. The fourth-order valence-electron chi connectivity index (χ4n) is 2.41. The lowest BCUT2D eigenvalue weighted by molar-refractivity contribution is 0.174. The Morgan fingerprint density at radius 2 is 2.00 bits per heavy atom. The summed E-state index contributed by atoms with van der Waals surface area (Å²) >= 11 is 0. The Kier molecular flexibility index (Phi) is 3.16. The summed E-state index contributed by atoms with van der Waals surface area (Å²) in [6, 6.07) is 13.7. The second-order valence-electron chi connectivity index (χ2n) is 4.94. The highest BCUT2D eigenvalue weighted by Gasteiger charge is 2.14. The maximum Gasteiger partial charge on any atom is 0.231 e. The molecule has 0 atom stereocenters. The normalized spacial score (nSPS) is 12.4. The van der Waals surface area contributed by atoms with Gasteiger partial charge in [-0.25, -0.2) is 4.98 Å². The maximum absolute atomic E-state index is 5.96. The fraction of sp³-hybridized carbons (Fsp3) is 0.118. The van der Waals surface area contributed by atoms with Crippen molar-refractivity contribution in [3.05, 3.63) is 60.6 Å². The lowest BCUT2D eigenvalue weighted by Gasteiger charge is -2.10. The largest absolute Gasteiger partial charge is 0.488 e. The zero-order chi connectivity index (χ0) is 14.8. The van der Waals surface area contributed by atoms with E-state index in [1.165, 1.54) is 0 Å². The molecule has 0 unspecified atom stereocenters. The number of aromatic amines is 1. The number of imidazole rings is 1. The molecule has 1 N–H and O–H groups in total. The molecule has 5 nitrogen and oxygen atoms in total. The van der Waals surface area contributed by atoms with Gasteiger partial charge in [-0.2, -0.15) is 0 Å². The SMILES string of the molecule is c1ccc(-c2cnc[nH]2)c(OCc2ccc3c(c2)OCO3)c1. The van der Waals surface area contributed by atoms with Crippen molar-refractivity contribution in [2.75, 3.05) is 6.79 Å². The molecule has 0 spiro atoms. The Labute approximate surface area is 127 Å². The molecular formula is C17H14N2O3. The van der Waals surface area contributed by atoms with E-state index in [0.29, 0.717) is 6.61 Å². The van der Waals surface area contributed by atoms with Crippen LogP contribution in [0.3, 0.4) is 0 Å². The van der Waals surface area contributed by atoms with E-state index in [4.69, 9.17) is 14.2 Å². The van der Waals surface area contributed by atoms with Gasteiger partial charge in [-0.1, -0.05) is 18.2 Å². The van der Waals surface area contributed by atoms with Gasteiger partial charge in [0.25, 0.3) is 0 Å². The molecule has 5 heteroatoms. The van der Waals surface area contributed by atoms with Crippen LogP contribution in [-0.4, -0.2) is 16.8 Å². The van der Waals surface area contributed by atoms with Crippen LogP contribution in [0.2, 0.25) is 0 Å². The van der Waals surface area contributed by atoms with Gasteiger partial charge in [-0.05, 0) is 29.8 Å². The molecule has 2 aromatic carbocycles. The van der Waals surface area contributed by atoms with Gasteiger partial charge in [0.15, 0.2) is 11.5 Å². The molecule has 2 heterocycles. The summed E-state index contributed by atoms with van der Waals surface area (Å²) in [4.78, 5) is 7.15. The number of ether oxygens (including phenoxy) is 3. The summed E-state index contributed by atoms with van der Waals surface area (Å²) < 4.78 is 16.7. The zero-order valence-electron chi connectivity index (χ0n) is 11.8. The van der Waals surface area contributed by atoms with E-state index in [9.17, 15) is 0 Å². The van der Waals surface area contributed by atoms with Crippen molar-refractivity contribution >= 4 is 0 Å². The molecular weight excluding hydrogens is 280 g/mol. The van der Waals surface area contributed by atoms with Gasteiger partial charge in [-0.15, -0.1) is 0 Å². The second-order valence-corrected chi connectivity index (χ2v) is 4.94. The Morgan fingerprint density at radius 1 is 1.09 bits per heavy atom. The van der Waals surface area contributed by atoms with E-state index in [1.807, 2.05) is 42.5 Å². The van der Waals surface area contributed by atoms with Gasteiger partial charge in [0.2, 0.25) is 6.79 Å². The molecule has 1 aromatic heterocycles. The summed E-state index contributed by atoms with van der Waals surface area (Å²) in [5.41, 5.74) is 2.95. The molecule has 4 rings (SSSR count). The van der Waals surface area contributed by atoms with Crippen molar-refractivity contribution in [1.82, 2.24) is 9.97 Å². The summed E-state index contributed by atoms with van der Waals surface area (Å²) in [5.74, 6) is 2.36. The number of nitrogens with one attached hydrogen (secondary N) is 1. The van der Waals surface area contributed by atoms with Gasteiger partial charge in [0.1, 0.15) is 12.4 Å². The number of hydrogen-bond acceptors (Lipinski definition) is 4. The minimum absolute atomic E-state index is 0.280. The standard InChI is InChI=1S/C17H14N2O3/c1-2-4-15(13(3-1)14-8-18-10-19-14)20-9-12-5-6-16-17(7-12)22-11-21-16/h1-8,10H,9,11H2,(H,18,19). The molecule has 0 fully saturated rings. The van der Waals surface area contributed by atoms with Gasteiger partial charge >= 0.3 is 0 Å². The average Bonchev–Trinajstić information content (AvgIpc) is 3.24. The zero-order valence-corrected chi connectivity index (χ0v) is 11.8. The van der Waals surface area contributed by atoms with Gasteiger partial charge < -0.3 is 19.2 Å². The third kappa shape index (κ3) is 2.37. The first-order chi connectivity index (χ1) is 10.9. The highest BCUT2D eigenvalue weighted by Crippen LogP contribution is 2.33. The van der Waals surface area contributed by atoms with E-state index in [0.717, 1.165) is 34.1 Å². The van der Waals surface area contributed by atoms with E-state index in [-0.39, 0.29) is 6.79 Å². The first-order valence-corrected chi connectivity index (χ1v) is 6.99. The highest BCUT2D eigenvalue weighted by atomic mass is 16.7. The number of para-hydroxylation sites is 1. The van der Waals surface area contributed by atoms with Crippen molar-refractivity contribution in [2.45, 2.75) is 6.61 Å². The quantitative estimate of drug-likeness (QED) is 0.801.